The van der Waals surface area contributed by atoms with Crippen molar-refractivity contribution in [2.75, 3.05) is 0 Å². The molecule has 0 aliphatic rings. The van der Waals surface area contributed by atoms with E-state index in [2.05, 4.69) is 33.6 Å². The van der Waals surface area contributed by atoms with Crippen LogP contribution >= 0.6 is 0 Å². The van der Waals surface area contributed by atoms with Gasteiger partial charge >= 0.3 is 0 Å². The summed E-state index contributed by atoms with van der Waals surface area (Å²) in [5.41, 5.74) is 0. The van der Waals surface area contributed by atoms with E-state index in [9.17, 15) is 4.80 Å². The lowest BCUT2D eigenvalue weighted by Crippen LogP contribution is -2.64. The normalized spacial score (nSPS) is 11.2. The van der Waals surface area contributed by atoms with Gasteiger partial charge in [0.1, 0.15) is 0 Å². The van der Waals surface area contributed by atoms with E-state index in [1.165, 1.54) is 25.7 Å². The number of terminal acetylenes is 1. The van der Waals surface area contributed by atoms with Crippen LogP contribution in [0.25, 0.3) is 0 Å². The number of rotatable bonds is 6. The van der Waals surface area contributed by atoms with Crippen molar-refractivity contribution in [3.63, 3.8) is 0 Å². The Kier molecular flexibility index (Phi) is 9.41. The van der Waals surface area contributed by atoms with E-state index in [1.807, 2.05) is 60.7 Å². The molecule has 0 saturated heterocycles. The minimum absolute atomic E-state index is 0.143. The molecule has 0 atom stereocenters. The number of hydrogen-bond acceptors (Lipinski definition) is 1. The van der Waals surface area contributed by atoms with Crippen LogP contribution in [0.5, 0.6) is 0 Å². The standard InChI is InChI=1S/C16H20OSi.C8H14/c1-16(2,3)18(17,14-10-6-4-7-11-14)15-12-8-5-9-13-15;1-3-5-7-8-6-4-2/h4-13,17H,1-3H3;1H,4-8H2,2H3. The molecule has 26 heavy (non-hydrogen) atoms. The molecule has 0 saturated carbocycles. The first-order valence-corrected chi connectivity index (χ1v) is 11.6. The SMILES string of the molecule is C#CCCCCCC.CC(C)(C)[Si](O)(c1ccccc1)c1ccccc1. The fourth-order valence-corrected chi connectivity index (χ4v) is 6.46. The van der Waals surface area contributed by atoms with Crippen LogP contribution < -0.4 is 10.4 Å². The van der Waals surface area contributed by atoms with Crippen molar-refractivity contribution < 1.29 is 4.80 Å². The average Bonchev–Trinajstić information content (AvgIpc) is 2.66. The monoisotopic (exact) mass is 366 g/mol. The van der Waals surface area contributed by atoms with Crippen LogP contribution in [0, 0.1) is 12.3 Å². The molecular formula is C24H34OSi. The molecule has 0 amide bonds. The first-order chi connectivity index (χ1) is 12.4. The van der Waals surface area contributed by atoms with Gasteiger partial charge in [0.05, 0.1) is 0 Å². The second-order valence-corrected chi connectivity index (χ2v) is 11.8. The third-order valence-electron chi connectivity index (χ3n) is 4.64. The van der Waals surface area contributed by atoms with E-state index in [-0.39, 0.29) is 5.04 Å². The number of benzene rings is 2. The van der Waals surface area contributed by atoms with Crippen LogP contribution in [0.4, 0.5) is 0 Å². The Bertz CT molecular complexity index is 611. The van der Waals surface area contributed by atoms with Crippen molar-refractivity contribution >= 4 is 18.7 Å². The molecule has 0 radical (unpaired) electrons. The molecular weight excluding hydrogens is 332 g/mol. The minimum atomic E-state index is -2.70. The van der Waals surface area contributed by atoms with Gasteiger partial charge in [0.2, 0.25) is 0 Å². The summed E-state index contributed by atoms with van der Waals surface area (Å²) in [7, 11) is -2.70. The Labute approximate surface area is 161 Å². The first-order valence-electron chi connectivity index (χ1n) is 9.64. The van der Waals surface area contributed by atoms with E-state index in [1.54, 1.807) is 0 Å². The zero-order valence-corrected chi connectivity index (χ0v) is 17.8. The highest BCUT2D eigenvalue weighted by molar-refractivity contribution is 6.98. The maximum absolute atomic E-state index is 11.4. The van der Waals surface area contributed by atoms with Gasteiger partial charge in [0.25, 0.3) is 8.32 Å². The van der Waals surface area contributed by atoms with E-state index >= 15 is 0 Å². The second-order valence-electron chi connectivity index (χ2n) is 7.71. The molecule has 2 rings (SSSR count). The van der Waals surface area contributed by atoms with Gasteiger partial charge in [-0.05, 0) is 21.8 Å². The maximum atomic E-state index is 11.4. The summed E-state index contributed by atoms with van der Waals surface area (Å²) in [5, 5.41) is 2.00. The average molecular weight is 367 g/mol. The lowest BCUT2D eigenvalue weighted by atomic mass is 10.2. The molecule has 0 bridgehead atoms. The summed E-state index contributed by atoms with van der Waals surface area (Å²) in [6, 6.07) is 20.2. The van der Waals surface area contributed by atoms with Crippen LogP contribution in [-0.4, -0.2) is 13.1 Å². The van der Waals surface area contributed by atoms with E-state index in [0.717, 1.165) is 16.8 Å². The summed E-state index contributed by atoms with van der Waals surface area (Å²) in [6.45, 7) is 8.58. The Morgan fingerprint density at radius 3 is 1.65 bits per heavy atom. The summed E-state index contributed by atoms with van der Waals surface area (Å²) in [6.07, 6.45) is 11.2. The molecule has 0 aliphatic heterocycles. The molecule has 0 unspecified atom stereocenters. The van der Waals surface area contributed by atoms with Crippen molar-refractivity contribution in [1.29, 1.82) is 0 Å². The number of hydrogen-bond donors (Lipinski definition) is 1. The van der Waals surface area contributed by atoms with Gasteiger partial charge in [-0.1, -0.05) is 108 Å². The Morgan fingerprint density at radius 1 is 0.846 bits per heavy atom. The summed E-state index contributed by atoms with van der Waals surface area (Å²) < 4.78 is 0. The maximum Gasteiger partial charge on any atom is 0.258 e. The summed E-state index contributed by atoms with van der Waals surface area (Å²) >= 11 is 0. The summed E-state index contributed by atoms with van der Waals surface area (Å²) in [4.78, 5) is 11.4. The quantitative estimate of drug-likeness (QED) is 0.427. The molecule has 0 aliphatic carbocycles. The second kappa shape index (κ2) is 11.0. The highest BCUT2D eigenvalue weighted by Crippen LogP contribution is 2.33. The Morgan fingerprint density at radius 2 is 1.31 bits per heavy atom. The van der Waals surface area contributed by atoms with Gasteiger partial charge in [0, 0.05) is 6.42 Å². The zero-order chi connectivity index (χ0) is 19.5. The van der Waals surface area contributed by atoms with Crippen molar-refractivity contribution in [3.05, 3.63) is 60.7 Å². The largest absolute Gasteiger partial charge is 0.424 e. The molecule has 140 valence electrons. The van der Waals surface area contributed by atoms with Crippen molar-refractivity contribution in [3.8, 4) is 12.3 Å². The van der Waals surface area contributed by atoms with Gasteiger partial charge in [-0.25, -0.2) is 0 Å². The Hall–Kier alpha value is -1.82. The van der Waals surface area contributed by atoms with E-state index < -0.39 is 8.32 Å². The molecule has 0 aromatic heterocycles. The highest BCUT2D eigenvalue weighted by Gasteiger charge is 2.46. The van der Waals surface area contributed by atoms with Gasteiger partial charge in [-0.15, -0.1) is 12.3 Å². The van der Waals surface area contributed by atoms with E-state index in [0.29, 0.717) is 0 Å². The van der Waals surface area contributed by atoms with Crippen molar-refractivity contribution in [2.24, 2.45) is 0 Å². The van der Waals surface area contributed by atoms with Gasteiger partial charge < -0.3 is 4.80 Å². The minimum Gasteiger partial charge on any atom is -0.424 e. The van der Waals surface area contributed by atoms with Crippen LogP contribution in [0.1, 0.15) is 59.8 Å². The van der Waals surface area contributed by atoms with Gasteiger partial charge in [-0.2, -0.15) is 0 Å². The third-order valence-corrected chi connectivity index (χ3v) is 9.15. The lowest BCUT2D eigenvalue weighted by Gasteiger charge is -2.38. The fourth-order valence-electron chi connectivity index (χ4n) is 3.05. The molecule has 2 aromatic carbocycles. The molecule has 0 spiro atoms. The third kappa shape index (κ3) is 6.16. The predicted molar refractivity (Wildman–Crippen MR) is 117 cm³/mol. The highest BCUT2D eigenvalue weighted by atomic mass is 28.4. The zero-order valence-electron chi connectivity index (χ0n) is 16.8. The van der Waals surface area contributed by atoms with Crippen molar-refractivity contribution in [1.82, 2.24) is 0 Å². The molecule has 0 heterocycles. The fraction of sp³-hybridized carbons (Fsp3) is 0.417. The smallest absolute Gasteiger partial charge is 0.258 e. The molecule has 2 aromatic rings. The topological polar surface area (TPSA) is 20.2 Å². The Balaban J connectivity index is 0.000000359. The van der Waals surface area contributed by atoms with Crippen LogP contribution in [-0.2, 0) is 0 Å². The number of unbranched alkanes of at least 4 members (excludes halogenated alkanes) is 4. The van der Waals surface area contributed by atoms with Crippen LogP contribution in [0.3, 0.4) is 0 Å². The lowest BCUT2D eigenvalue weighted by molar-refractivity contribution is 0.505. The van der Waals surface area contributed by atoms with Crippen molar-refractivity contribution in [2.45, 2.75) is 64.8 Å². The van der Waals surface area contributed by atoms with E-state index in [4.69, 9.17) is 6.42 Å². The molecule has 2 heteroatoms. The molecule has 0 fully saturated rings. The first kappa shape index (κ1) is 22.2. The van der Waals surface area contributed by atoms with Crippen LogP contribution in [0.15, 0.2) is 60.7 Å². The summed E-state index contributed by atoms with van der Waals surface area (Å²) in [5.74, 6) is 2.63. The van der Waals surface area contributed by atoms with Gasteiger partial charge in [-0.3, -0.25) is 0 Å². The molecule has 1 N–H and O–H groups in total. The predicted octanol–water partition coefficient (Wildman–Crippen LogP) is 5.13. The molecule has 1 nitrogen and oxygen atoms in total. The van der Waals surface area contributed by atoms with Crippen LogP contribution in [0.2, 0.25) is 5.04 Å². The van der Waals surface area contributed by atoms with Gasteiger partial charge in [0.15, 0.2) is 0 Å².